The summed E-state index contributed by atoms with van der Waals surface area (Å²) in [5.74, 6) is 1.31. The van der Waals surface area contributed by atoms with Gasteiger partial charge in [-0.25, -0.2) is 9.97 Å². The minimum Gasteiger partial charge on any atom is -0.495 e. The van der Waals surface area contributed by atoms with Crippen molar-refractivity contribution < 1.29 is 4.74 Å². The summed E-state index contributed by atoms with van der Waals surface area (Å²) >= 11 is 0. The number of anilines is 1. The zero-order valence-electron chi connectivity index (χ0n) is 9.27. The lowest BCUT2D eigenvalue weighted by Crippen LogP contribution is -1.94. The molecule has 1 aromatic heterocycles. The fourth-order valence-electron chi connectivity index (χ4n) is 1.39. The molecule has 1 aromatic carbocycles. The molecule has 0 bridgehead atoms. The van der Waals surface area contributed by atoms with Crippen LogP contribution in [0.2, 0.25) is 0 Å². The Morgan fingerprint density at radius 1 is 1.19 bits per heavy atom. The molecule has 82 valence electrons. The third-order valence-corrected chi connectivity index (χ3v) is 2.27. The summed E-state index contributed by atoms with van der Waals surface area (Å²) in [5.41, 5.74) is 8.27. The van der Waals surface area contributed by atoms with E-state index in [1.807, 2.05) is 19.1 Å². The molecule has 0 fully saturated rings. The van der Waals surface area contributed by atoms with Gasteiger partial charge in [0, 0.05) is 18.0 Å². The van der Waals surface area contributed by atoms with E-state index in [1.54, 1.807) is 25.6 Å². The molecule has 0 aliphatic rings. The Labute approximate surface area is 94.1 Å². The standard InChI is InChI=1S/C12H13N3O/c1-8-6-14-12(15-7-8)9-3-4-10(13)11(5-9)16-2/h3-7H,13H2,1-2H3. The topological polar surface area (TPSA) is 61.0 Å². The summed E-state index contributed by atoms with van der Waals surface area (Å²) in [6.07, 6.45) is 3.57. The zero-order chi connectivity index (χ0) is 11.5. The van der Waals surface area contributed by atoms with Crippen molar-refractivity contribution in [2.24, 2.45) is 0 Å². The van der Waals surface area contributed by atoms with E-state index < -0.39 is 0 Å². The smallest absolute Gasteiger partial charge is 0.159 e. The summed E-state index contributed by atoms with van der Waals surface area (Å²) in [4.78, 5) is 8.49. The maximum atomic E-state index is 5.74. The Hall–Kier alpha value is -2.10. The predicted molar refractivity (Wildman–Crippen MR) is 63.2 cm³/mol. The molecule has 4 heteroatoms. The van der Waals surface area contributed by atoms with Crippen LogP contribution in [0.1, 0.15) is 5.56 Å². The number of nitrogens with two attached hydrogens (primary N) is 1. The number of methoxy groups -OCH3 is 1. The van der Waals surface area contributed by atoms with Crippen LogP contribution in [0.3, 0.4) is 0 Å². The molecular formula is C12H13N3O. The molecule has 1 heterocycles. The number of aromatic nitrogens is 2. The van der Waals surface area contributed by atoms with E-state index in [9.17, 15) is 0 Å². The first-order valence-corrected chi connectivity index (χ1v) is 4.93. The van der Waals surface area contributed by atoms with Crippen LogP contribution in [-0.2, 0) is 0 Å². The van der Waals surface area contributed by atoms with Crippen molar-refractivity contribution in [1.82, 2.24) is 9.97 Å². The van der Waals surface area contributed by atoms with Gasteiger partial charge in [-0.05, 0) is 30.7 Å². The molecule has 0 aliphatic carbocycles. The van der Waals surface area contributed by atoms with Crippen molar-refractivity contribution >= 4 is 5.69 Å². The van der Waals surface area contributed by atoms with E-state index in [-0.39, 0.29) is 0 Å². The van der Waals surface area contributed by atoms with Gasteiger partial charge in [-0.15, -0.1) is 0 Å². The second-order valence-electron chi connectivity index (χ2n) is 3.54. The minimum absolute atomic E-state index is 0.610. The Morgan fingerprint density at radius 2 is 1.88 bits per heavy atom. The SMILES string of the molecule is COc1cc(-c2ncc(C)cn2)ccc1N. The third-order valence-electron chi connectivity index (χ3n) is 2.27. The van der Waals surface area contributed by atoms with Crippen molar-refractivity contribution in [2.75, 3.05) is 12.8 Å². The molecule has 16 heavy (non-hydrogen) atoms. The van der Waals surface area contributed by atoms with Crippen LogP contribution in [0.4, 0.5) is 5.69 Å². The second-order valence-corrected chi connectivity index (χ2v) is 3.54. The van der Waals surface area contributed by atoms with E-state index in [0.29, 0.717) is 17.3 Å². The van der Waals surface area contributed by atoms with Crippen LogP contribution in [0.5, 0.6) is 5.75 Å². The molecule has 0 atom stereocenters. The van der Waals surface area contributed by atoms with Gasteiger partial charge in [0.15, 0.2) is 5.82 Å². The monoisotopic (exact) mass is 215 g/mol. The van der Waals surface area contributed by atoms with Gasteiger partial charge < -0.3 is 10.5 Å². The van der Waals surface area contributed by atoms with E-state index in [0.717, 1.165) is 11.1 Å². The molecular weight excluding hydrogens is 202 g/mol. The lowest BCUT2D eigenvalue weighted by atomic mass is 10.1. The van der Waals surface area contributed by atoms with E-state index in [2.05, 4.69) is 9.97 Å². The van der Waals surface area contributed by atoms with Gasteiger partial charge in [0.1, 0.15) is 5.75 Å². The second kappa shape index (κ2) is 4.18. The van der Waals surface area contributed by atoms with Crippen LogP contribution in [-0.4, -0.2) is 17.1 Å². The van der Waals surface area contributed by atoms with Crippen LogP contribution in [0.15, 0.2) is 30.6 Å². The average molecular weight is 215 g/mol. The Morgan fingerprint density at radius 3 is 2.50 bits per heavy atom. The number of rotatable bonds is 2. The van der Waals surface area contributed by atoms with Crippen molar-refractivity contribution in [2.45, 2.75) is 6.92 Å². The first kappa shape index (κ1) is 10.4. The lowest BCUT2D eigenvalue weighted by Gasteiger charge is -2.06. The van der Waals surface area contributed by atoms with Crippen molar-refractivity contribution in [3.63, 3.8) is 0 Å². The third kappa shape index (κ3) is 1.95. The van der Waals surface area contributed by atoms with Gasteiger partial charge in [0.25, 0.3) is 0 Å². The van der Waals surface area contributed by atoms with Crippen LogP contribution >= 0.6 is 0 Å². The summed E-state index contributed by atoms with van der Waals surface area (Å²) in [6, 6.07) is 5.50. The molecule has 2 rings (SSSR count). The number of hydrogen-bond donors (Lipinski definition) is 1. The first-order chi connectivity index (χ1) is 7.70. The number of nitrogen functional groups attached to an aromatic ring is 1. The minimum atomic E-state index is 0.610. The Balaban J connectivity index is 2.44. The number of aryl methyl sites for hydroxylation is 1. The largest absolute Gasteiger partial charge is 0.495 e. The van der Waals surface area contributed by atoms with Gasteiger partial charge in [0.05, 0.1) is 12.8 Å². The highest BCUT2D eigenvalue weighted by Crippen LogP contribution is 2.26. The normalized spacial score (nSPS) is 10.1. The predicted octanol–water partition coefficient (Wildman–Crippen LogP) is 2.04. The molecule has 0 unspecified atom stereocenters. The maximum absolute atomic E-state index is 5.74. The van der Waals surface area contributed by atoms with Gasteiger partial charge in [0.2, 0.25) is 0 Å². The first-order valence-electron chi connectivity index (χ1n) is 4.93. The lowest BCUT2D eigenvalue weighted by molar-refractivity contribution is 0.417. The molecule has 0 spiro atoms. The van der Waals surface area contributed by atoms with Crippen molar-refractivity contribution in [3.8, 4) is 17.1 Å². The highest BCUT2D eigenvalue weighted by atomic mass is 16.5. The number of hydrogen-bond acceptors (Lipinski definition) is 4. The number of nitrogens with zero attached hydrogens (tertiary/aromatic N) is 2. The summed E-state index contributed by atoms with van der Waals surface area (Å²) in [5, 5.41) is 0. The Bertz CT molecular complexity index is 494. The van der Waals surface area contributed by atoms with E-state index >= 15 is 0 Å². The van der Waals surface area contributed by atoms with Crippen molar-refractivity contribution in [1.29, 1.82) is 0 Å². The molecule has 0 saturated heterocycles. The quantitative estimate of drug-likeness (QED) is 0.779. The van der Waals surface area contributed by atoms with Crippen LogP contribution < -0.4 is 10.5 Å². The average Bonchev–Trinajstić information content (AvgIpc) is 2.31. The fourth-order valence-corrected chi connectivity index (χ4v) is 1.39. The van der Waals surface area contributed by atoms with Crippen LogP contribution in [0, 0.1) is 6.92 Å². The zero-order valence-corrected chi connectivity index (χ0v) is 9.27. The van der Waals surface area contributed by atoms with Gasteiger partial charge in [-0.3, -0.25) is 0 Å². The summed E-state index contributed by atoms with van der Waals surface area (Å²) in [7, 11) is 1.59. The highest BCUT2D eigenvalue weighted by molar-refractivity contribution is 5.65. The summed E-state index contributed by atoms with van der Waals surface area (Å²) < 4.78 is 5.15. The summed E-state index contributed by atoms with van der Waals surface area (Å²) in [6.45, 7) is 1.95. The van der Waals surface area contributed by atoms with E-state index in [1.165, 1.54) is 0 Å². The van der Waals surface area contributed by atoms with Crippen LogP contribution in [0.25, 0.3) is 11.4 Å². The number of benzene rings is 1. The fraction of sp³-hybridized carbons (Fsp3) is 0.167. The van der Waals surface area contributed by atoms with Gasteiger partial charge >= 0.3 is 0 Å². The molecule has 0 aliphatic heterocycles. The number of ether oxygens (including phenoxy) is 1. The van der Waals surface area contributed by atoms with Gasteiger partial charge in [-0.1, -0.05) is 0 Å². The molecule has 0 amide bonds. The molecule has 2 N–H and O–H groups in total. The molecule has 4 nitrogen and oxygen atoms in total. The Kier molecular flexibility index (Phi) is 2.72. The maximum Gasteiger partial charge on any atom is 0.159 e. The molecule has 0 saturated carbocycles. The molecule has 2 aromatic rings. The van der Waals surface area contributed by atoms with E-state index in [4.69, 9.17) is 10.5 Å². The molecule has 0 radical (unpaired) electrons. The van der Waals surface area contributed by atoms with Crippen molar-refractivity contribution in [3.05, 3.63) is 36.2 Å². The highest BCUT2D eigenvalue weighted by Gasteiger charge is 2.05. The van der Waals surface area contributed by atoms with Gasteiger partial charge in [-0.2, -0.15) is 0 Å².